The Labute approximate surface area is 43.1 Å². The maximum atomic E-state index is 5.59. The van der Waals surface area contributed by atoms with E-state index in [4.69, 9.17) is 5.73 Å². The molecule has 0 bridgehead atoms. The van der Waals surface area contributed by atoms with Crippen molar-refractivity contribution in [1.29, 1.82) is 0 Å². The summed E-state index contributed by atoms with van der Waals surface area (Å²) in [4.78, 5) is 0. The molecule has 1 heterocycles. The van der Waals surface area contributed by atoms with Crippen LogP contribution in [0.15, 0.2) is 0 Å². The summed E-state index contributed by atoms with van der Waals surface area (Å²) in [6.07, 6.45) is 0. The molecule has 0 spiro atoms. The average Bonchev–Trinajstić information content (AvgIpc) is 2.26. The van der Waals surface area contributed by atoms with Crippen molar-refractivity contribution in [3.63, 3.8) is 0 Å². The quantitative estimate of drug-likeness (QED) is 0.412. The molecular formula is C5H9N2. The number of nitrogens with one attached hydrogen (secondary N) is 1. The molecule has 3 N–H and O–H groups in total. The molecule has 2 fully saturated rings. The van der Waals surface area contributed by atoms with Crippen LogP contribution in [0, 0.1) is 11.8 Å². The highest BCUT2D eigenvalue weighted by atomic mass is 15.0. The first kappa shape index (κ1) is 3.87. The van der Waals surface area contributed by atoms with Crippen molar-refractivity contribution in [2.24, 2.45) is 11.7 Å². The van der Waals surface area contributed by atoms with Gasteiger partial charge in [-0.25, -0.2) is 0 Å². The summed E-state index contributed by atoms with van der Waals surface area (Å²) in [5.41, 5.74) is 5.59. The van der Waals surface area contributed by atoms with E-state index in [1.807, 2.05) is 0 Å². The van der Waals surface area contributed by atoms with Gasteiger partial charge in [-0.2, -0.15) is 0 Å². The van der Waals surface area contributed by atoms with E-state index in [-0.39, 0.29) is 0 Å². The molecule has 1 aliphatic heterocycles. The van der Waals surface area contributed by atoms with E-state index in [1.54, 1.807) is 5.92 Å². The minimum Gasteiger partial charge on any atom is -0.327 e. The zero-order chi connectivity index (χ0) is 4.85. The highest BCUT2D eigenvalue weighted by Crippen LogP contribution is 2.41. The zero-order valence-corrected chi connectivity index (χ0v) is 4.15. The highest BCUT2D eigenvalue weighted by molar-refractivity contribution is 5.31. The van der Waals surface area contributed by atoms with E-state index in [2.05, 4.69) is 5.32 Å². The van der Waals surface area contributed by atoms with Crippen molar-refractivity contribution in [3.8, 4) is 0 Å². The molecule has 0 aromatic heterocycles. The molecule has 1 radical (unpaired) electrons. The molecule has 2 rings (SSSR count). The van der Waals surface area contributed by atoms with Crippen molar-refractivity contribution in [1.82, 2.24) is 5.32 Å². The van der Waals surface area contributed by atoms with E-state index < -0.39 is 0 Å². The summed E-state index contributed by atoms with van der Waals surface area (Å²) < 4.78 is 0. The zero-order valence-electron chi connectivity index (χ0n) is 4.15. The summed E-state index contributed by atoms with van der Waals surface area (Å²) in [7, 11) is 0. The normalized spacial score (nSPS) is 49.3. The Morgan fingerprint density at radius 3 is 2.86 bits per heavy atom. The number of piperidine rings is 1. The van der Waals surface area contributed by atoms with Crippen LogP contribution in [0.5, 0.6) is 0 Å². The van der Waals surface area contributed by atoms with Crippen molar-refractivity contribution in [3.05, 3.63) is 5.92 Å². The van der Waals surface area contributed by atoms with Gasteiger partial charge < -0.3 is 11.1 Å². The third kappa shape index (κ3) is 0.359. The number of fused-ring (bicyclic) bond motifs is 1. The Morgan fingerprint density at radius 1 is 1.71 bits per heavy atom. The Balaban J connectivity index is 2.06. The predicted octanol–water partition coefficient (Wildman–Crippen LogP) is -0.879. The van der Waals surface area contributed by atoms with Gasteiger partial charge in [-0.15, -0.1) is 0 Å². The monoisotopic (exact) mass is 97.1 g/mol. The Bertz CT molecular complexity index is 82.1. The SMILES string of the molecule is NC1[C]2CNCC21. The molecule has 0 amide bonds. The fraction of sp³-hybridized carbons (Fsp3) is 0.800. The van der Waals surface area contributed by atoms with Crippen LogP contribution in [-0.2, 0) is 0 Å². The van der Waals surface area contributed by atoms with Crippen molar-refractivity contribution >= 4 is 0 Å². The van der Waals surface area contributed by atoms with Crippen LogP contribution >= 0.6 is 0 Å². The largest absolute Gasteiger partial charge is 0.327 e. The number of hydrogen-bond acceptors (Lipinski definition) is 2. The summed E-state index contributed by atoms with van der Waals surface area (Å²) in [5.74, 6) is 2.31. The van der Waals surface area contributed by atoms with Crippen LogP contribution in [0.25, 0.3) is 0 Å². The molecular weight excluding hydrogens is 88.1 g/mol. The predicted molar refractivity (Wildman–Crippen MR) is 27.6 cm³/mol. The van der Waals surface area contributed by atoms with E-state index in [0.717, 1.165) is 19.0 Å². The number of rotatable bonds is 0. The van der Waals surface area contributed by atoms with Crippen molar-refractivity contribution in [2.75, 3.05) is 13.1 Å². The summed E-state index contributed by atoms with van der Waals surface area (Å²) in [5, 5.41) is 3.24. The average molecular weight is 97.1 g/mol. The molecule has 0 aromatic carbocycles. The van der Waals surface area contributed by atoms with Gasteiger partial charge in [-0.05, 0) is 5.92 Å². The van der Waals surface area contributed by atoms with E-state index in [9.17, 15) is 0 Å². The topological polar surface area (TPSA) is 38.0 Å². The Hall–Kier alpha value is -0.0800. The number of nitrogens with two attached hydrogens (primary N) is 1. The van der Waals surface area contributed by atoms with Crippen LogP contribution in [0.1, 0.15) is 0 Å². The van der Waals surface area contributed by atoms with Crippen molar-refractivity contribution < 1.29 is 0 Å². The van der Waals surface area contributed by atoms with Gasteiger partial charge in [-0.1, -0.05) is 0 Å². The lowest BCUT2D eigenvalue weighted by Gasteiger charge is -1.93. The Kier molecular flexibility index (Phi) is 0.557. The molecule has 1 saturated carbocycles. The molecule has 1 aliphatic carbocycles. The second-order valence-corrected chi connectivity index (χ2v) is 2.34. The maximum Gasteiger partial charge on any atom is 0.0165 e. The van der Waals surface area contributed by atoms with Crippen LogP contribution in [0.2, 0.25) is 0 Å². The van der Waals surface area contributed by atoms with Gasteiger partial charge in [0.15, 0.2) is 0 Å². The minimum absolute atomic E-state index is 0.473. The fourth-order valence-corrected chi connectivity index (χ4v) is 1.28. The van der Waals surface area contributed by atoms with E-state index >= 15 is 0 Å². The molecule has 2 atom stereocenters. The Morgan fingerprint density at radius 2 is 2.57 bits per heavy atom. The van der Waals surface area contributed by atoms with Crippen LogP contribution < -0.4 is 11.1 Å². The van der Waals surface area contributed by atoms with Crippen LogP contribution in [0.4, 0.5) is 0 Å². The van der Waals surface area contributed by atoms with Gasteiger partial charge in [-0.3, -0.25) is 0 Å². The molecule has 2 aliphatic rings. The lowest BCUT2D eigenvalue weighted by molar-refractivity contribution is 0.702. The molecule has 1 saturated heterocycles. The van der Waals surface area contributed by atoms with E-state index in [1.165, 1.54) is 0 Å². The summed E-state index contributed by atoms with van der Waals surface area (Å²) >= 11 is 0. The smallest absolute Gasteiger partial charge is 0.0165 e. The molecule has 7 heavy (non-hydrogen) atoms. The highest BCUT2D eigenvalue weighted by Gasteiger charge is 2.50. The molecule has 39 valence electrons. The van der Waals surface area contributed by atoms with Crippen LogP contribution in [0.3, 0.4) is 0 Å². The first-order valence-electron chi connectivity index (χ1n) is 2.71. The second kappa shape index (κ2) is 1.01. The van der Waals surface area contributed by atoms with Gasteiger partial charge >= 0.3 is 0 Å². The third-order valence-electron chi connectivity index (χ3n) is 1.92. The second-order valence-electron chi connectivity index (χ2n) is 2.34. The molecule has 2 heteroatoms. The minimum atomic E-state index is 0.473. The van der Waals surface area contributed by atoms with Gasteiger partial charge in [0.1, 0.15) is 0 Å². The molecule has 0 aromatic rings. The fourth-order valence-electron chi connectivity index (χ4n) is 1.28. The lowest BCUT2D eigenvalue weighted by atomic mass is 10.4. The summed E-state index contributed by atoms with van der Waals surface area (Å²) in [6.45, 7) is 2.22. The van der Waals surface area contributed by atoms with Gasteiger partial charge in [0.25, 0.3) is 0 Å². The van der Waals surface area contributed by atoms with Gasteiger partial charge in [0.2, 0.25) is 0 Å². The molecule has 2 unspecified atom stereocenters. The maximum absolute atomic E-state index is 5.59. The third-order valence-corrected chi connectivity index (χ3v) is 1.92. The van der Waals surface area contributed by atoms with Gasteiger partial charge in [0.05, 0.1) is 0 Å². The first-order valence-corrected chi connectivity index (χ1v) is 2.71. The summed E-state index contributed by atoms with van der Waals surface area (Å²) in [6, 6.07) is 0.473. The standard InChI is InChI=1S/C5H9N2/c6-5-3-1-7-2-4(3)5/h3,5,7H,1-2,6H2. The van der Waals surface area contributed by atoms with E-state index in [0.29, 0.717) is 6.04 Å². The molecule has 2 nitrogen and oxygen atoms in total. The first-order chi connectivity index (χ1) is 3.39. The number of hydrogen-bond donors (Lipinski definition) is 2. The van der Waals surface area contributed by atoms with Crippen molar-refractivity contribution in [2.45, 2.75) is 6.04 Å². The van der Waals surface area contributed by atoms with Gasteiger partial charge in [0, 0.05) is 25.0 Å². The van der Waals surface area contributed by atoms with Crippen LogP contribution in [-0.4, -0.2) is 19.1 Å². The lowest BCUT2D eigenvalue weighted by Crippen LogP contribution is -2.20.